The smallest absolute Gasteiger partial charge is 0.113 e. The van der Waals surface area contributed by atoms with Gasteiger partial charge in [0.2, 0.25) is 0 Å². The number of aromatic amines is 1. The molecule has 0 unspecified atom stereocenters. The largest absolute Gasteiger partial charge is 0.341 e. The summed E-state index contributed by atoms with van der Waals surface area (Å²) in [7, 11) is 0. The Balaban J connectivity index is 2.11. The lowest BCUT2D eigenvalue weighted by Crippen LogP contribution is -2.22. The van der Waals surface area contributed by atoms with Gasteiger partial charge in [-0.2, -0.15) is 0 Å². The highest BCUT2D eigenvalue weighted by atomic mass is 35.5. The molecule has 3 rings (SSSR count). The van der Waals surface area contributed by atoms with Crippen molar-refractivity contribution in [3.05, 3.63) is 29.0 Å². The van der Waals surface area contributed by atoms with Gasteiger partial charge >= 0.3 is 0 Å². The number of fused-ring (bicyclic) bond motifs is 1. The number of hydrogen-bond donors (Lipinski definition) is 1. The van der Waals surface area contributed by atoms with Crippen molar-refractivity contribution in [1.29, 1.82) is 0 Å². The summed E-state index contributed by atoms with van der Waals surface area (Å²) >= 11 is 6.01. The first-order valence-electron chi connectivity index (χ1n) is 6.39. The zero-order valence-corrected chi connectivity index (χ0v) is 10.8. The Kier molecular flexibility index (Phi) is 2.62. The maximum absolute atomic E-state index is 6.01. The molecule has 1 saturated carbocycles. The Morgan fingerprint density at radius 1 is 1.35 bits per heavy atom. The Labute approximate surface area is 106 Å². The number of benzene rings is 1. The lowest BCUT2D eigenvalue weighted by Gasteiger charge is -2.24. The molecule has 1 heterocycles. The van der Waals surface area contributed by atoms with Crippen LogP contribution < -0.4 is 0 Å². The minimum atomic E-state index is 0.283. The average molecular weight is 249 g/mol. The van der Waals surface area contributed by atoms with Gasteiger partial charge in [-0.1, -0.05) is 31.4 Å². The average Bonchev–Trinajstić information content (AvgIpc) is 2.94. The van der Waals surface area contributed by atoms with Crippen LogP contribution in [0.5, 0.6) is 0 Å². The van der Waals surface area contributed by atoms with Crippen LogP contribution in [-0.2, 0) is 5.41 Å². The number of imidazole rings is 1. The van der Waals surface area contributed by atoms with Crippen LogP contribution in [0.15, 0.2) is 18.2 Å². The van der Waals surface area contributed by atoms with E-state index >= 15 is 0 Å². The molecular weight excluding hydrogens is 232 g/mol. The van der Waals surface area contributed by atoms with Crippen LogP contribution in [0.3, 0.4) is 0 Å². The molecular formula is C14H17ClN2. The van der Waals surface area contributed by atoms with Gasteiger partial charge in [0.15, 0.2) is 0 Å². The molecule has 0 saturated heterocycles. The summed E-state index contributed by atoms with van der Waals surface area (Å²) in [5, 5.41) is 0.768. The molecule has 17 heavy (non-hydrogen) atoms. The summed E-state index contributed by atoms with van der Waals surface area (Å²) in [4.78, 5) is 8.24. The topological polar surface area (TPSA) is 28.7 Å². The first-order valence-corrected chi connectivity index (χ1v) is 6.77. The minimum absolute atomic E-state index is 0.283. The normalized spacial score (nSPS) is 18.9. The zero-order chi connectivity index (χ0) is 11.9. The molecule has 1 aliphatic rings. The molecule has 0 aliphatic heterocycles. The fourth-order valence-corrected chi connectivity index (χ4v) is 3.21. The van der Waals surface area contributed by atoms with E-state index < -0.39 is 0 Å². The highest BCUT2D eigenvalue weighted by Gasteiger charge is 2.36. The summed E-state index contributed by atoms with van der Waals surface area (Å²) in [6, 6.07) is 5.86. The van der Waals surface area contributed by atoms with Crippen LogP contribution in [0.2, 0.25) is 5.02 Å². The summed E-state index contributed by atoms with van der Waals surface area (Å²) in [5.74, 6) is 1.16. The summed E-state index contributed by atoms with van der Waals surface area (Å²) in [6.45, 7) is 2.27. The molecule has 1 aromatic heterocycles. The molecule has 0 bridgehead atoms. The predicted octanol–water partition coefficient (Wildman–Crippen LogP) is 4.44. The number of halogens is 1. The van der Waals surface area contributed by atoms with Crippen molar-refractivity contribution in [3.8, 4) is 0 Å². The highest BCUT2D eigenvalue weighted by Crippen LogP contribution is 2.42. The second kappa shape index (κ2) is 4.02. The molecule has 90 valence electrons. The summed E-state index contributed by atoms with van der Waals surface area (Å²) in [5.41, 5.74) is 2.38. The predicted molar refractivity (Wildman–Crippen MR) is 71.5 cm³/mol. The third-order valence-electron chi connectivity index (χ3n) is 4.18. The summed E-state index contributed by atoms with van der Waals surface area (Å²) in [6.07, 6.45) is 6.34. The van der Waals surface area contributed by atoms with Crippen LogP contribution in [0.4, 0.5) is 0 Å². The van der Waals surface area contributed by atoms with Gasteiger partial charge in [-0.25, -0.2) is 4.98 Å². The molecule has 1 fully saturated rings. The molecule has 0 amide bonds. The minimum Gasteiger partial charge on any atom is -0.341 e. The van der Waals surface area contributed by atoms with E-state index in [1.807, 2.05) is 18.2 Å². The van der Waals surface area contributed by atoms with Crippen LogP contribution >= 0.6 is 11.6 Å². The van der Waals surface area contributed by atoms with Crippen LogP contribution in [0, 0.1) is 0 Å². The fraction of sp³-hybridized carbons (Fsp3) is 0.500. The summed E-state index contributed by atoms with van der Waals surface area (Å²) < 4.78 is 0. The molecule has 2 aromatic rings. The van der Waals surface area contributed by atoms with Crippen LogP contribution in [0.1, 0.15) is 44.9 Å². The number of H-pyrrole nitrogens is 1. The van der Waals surface area contributed by atoms with Crippen molar-refractivity contribution < 1.29 is 0 Å². The fourth-order valence-electron chi connectivity index (χ4n) is 3.04. The number of nitrogens with one attached hydrogen (secondary N) is 1. The van der Waals surface area contributed by atoms with Crippen molar-refractivity contribution in [2.75, 3.05) is 0 Å². The SMILES string of the molecule is CCC1(c2nc3ccc(Cl)cc3[nH]2)CCCC1. The molecule has 0 atom stereocenters. The lowest BCUT2D eigenvalue weighted by molar-refractivity contribution is 0.403. The first kappa shape index (κ1) is 11.1. The number of rotatable bonds is 2. The van der Waals surface area contributed by atoms with Gasteiger partial charge in [0, 0.05) is 10.4 Å². The second-order valence-corrected chi connectivity index (χ2v) is 5.52. The van der Waals surface area contributed by atoms with Crippen molar-refractivity contribution >= 4 is 22.6 Å². The number of aromatic nitrogens is 2. The van der Waals surface area contributed by atoms with Crippen LogP contribution in [-0.4, -0.2) is 9.97 Å². The molecule has 1 aromatic carbocycles. The van der Waals surface area contributed by atoms with Crippen LogP contribution in [0.25, 0.3) is 11.0 Å². The maximum Gasteiger partial charge on any atom is 0.113 e. The first-order chi connectivity index (χ1) is 8.23. The van der Waals surface area contributed by atoms with Gasteiger partial charge in [0.05, 0.1) is 11.0 Å². The zero-order valence-electron chi connectivity index (χ0n) is 10.1. The van der Waals surface area contributed by atoms with E-state index in [2.05, 4.69) is 11.9 Å². The van der Waals surface area contributed by atoms with Gasteiger partial charge in [-0.15, -0.1) is 0 Å². The van der Waals surface area contributed by atoms with E-state index in [4.69, 9.17) is 16.6 Å². The molecule has 1 N–H and O–H groups in total. The van der Waals surface area contributed by atoms with Crippen molar-refractivity contribution in [2.24, 2.45) is 0 Å². The number of nitrogens with zero attached hydrogens (tertiary/aromatic N) is 1. The third kappa shape index (κ3) is 1.75. The Morgan fingerprint density at radius 3 is 2.82 bits per heavy atom. The molecule has 0 radical (unpaired) electrons. The van der Waals surface area contributed by atoms with Gasteiger partial charge in [-0.05, 0) is 37.5 Å². The lowest BCUT2D eigenvalue weighted by atomic mass is 9.83. The highest BCUT2D eigenvalue weighted by molar-refractivity contribution is 6.31. The Morgan fingerprint density at radius 2 is 2.12 bits per heavy atom. The Bertz CT molecular complexity index is 538. The van der Waals surface area contributed by atoms with E-state index in [1.165, 1.54) is 32.1 Å². The standard InChI is InChI=1S/C14H17ClN2/c1-2-14(7-3-4-8-14)13-16-11-6-5-10(15)9-12(11)17-13/h5-6,9H,2-4,7-8H2,1H3,(H,16,17). The van der Waals surface area contributed by atoms with Gasteiger partial charge in [0.1, 0.15) is 5.82 Å². The van der Waals surface area contributed by atoms with E-state index in [0.717, 1.165) is 21.9 Å². The van der Waals surface area contributed by atoms with E-state index in [1.54, 1.807) is 0 Å². The monoisotopic (exact) mass is 248 g/mol. The quantitative estimate of drug-likeness (QED) is 0.836. The molecule has 3 heteroatoms. The van der Waals surface area contributed by atoms with Gasteiger partial charge < -0.3 is 4.98 Å². The van der Waals surface area contributed by atoms with Gasteiger partial charge in [0.25, 0.3) is 0 Å². The third-order valence-corrected chi connectivity index (χ3v) is 4.42. The Hall–Kier alpha value is -1.02. The van der Waals surface area contributed by atoms with Gasteiger partial charge in [-0.3, -0.25) is 0 Å². The van der Waals surface area contributed by atoms with E-state index in [-0.39, 0.29) is 5.41 Å². The maximum atomic E-state index is 6.01. The van der Waals surface area contributed by atoms with E-state index in [9.17, 15) is 0 Å². The van der Waals surface area contributed by atoms with E-state index in [0.29, 0.717) is 0 Å². The molecule has 0 spiro atoms. The molecule has 2 nitrogen and oxygen atoms in total. The second-order valence-electron chi connectivity index (χ2n) is 5.09. The number of hydrogen-bond acceptors (Lipinski definition) is 1. The van der Waals surface area contributed by atoms with Crippen molar-refractivity contribution in [2.45, 2.75) is 44.4 Å². The van der Waals surface area contributed by atoms with Crippen molar-refractivity contribution in [1.82, 2.24) is 9.97 Å². The molecule has 1 aliphatic carbocycles. The van der Waals surface area contributed by atoms with Crippen molar-refractivity contribution in [3.63, 3.8) is 0 Å².